The molecule has 1 aliphatic carbocycles. The molecule has 0 amide bonds. The first-order chi connectivity index (χ1) is 14.8. The monoisotopic (exact) mass is 399 g/mol. The lowest BCUT2D eigenvalue weighted by atomic mass is 9.77. The molecule has 1 unspecified atom stereocenters. The van der Waals surface area contributed by atoms with E-state index in [2.05, 4.69) is 47.4 Å². The molecule has 0 saturated carbocycles. The zero-order valence-corrected chi connectivity index (χ0v) is 17.0. The number of carbonyl (C=O) groups excluding carboxylic acids is 1. The fourth-order valence-electron chi connectivity index (χ4n) is 5.30. The third kappa shape index (κ3) is 2.78. The summed E-state index contributed by atoms with van der Waals surface area (Å²) in [4.78, 5) is 15.4. The molecule has 6 rings (SSSR count). The van der Waals surface area contributed by atoms with Gasteiger partial charge in [-0.15, -0.1) is 0 Å². The lowest BCUT2D eigenvalue weighted by Gasteiger charge is -2.42. The van der Waals surface area contributed by atoms with Gasteiger partial charge in [-0.2, -0.15) is 0 Å². The van der Waals surface area contributed by atoms with E-state index in [1.165, 1.54) is 28.1 Å². The highest BCUT2D eigenvalue weighted by atomic mass is 16.5. The number of hydrogen-bond acceptors (Lipinski definition) is 4. The van der Waals surface area contributed by atoms with Gasteiger partial charge in [-0.1, -0.05) is 30.3 Å². The number of allylic oxidation sites excluding steroid dienone is 3. The highest BCUT2D eigenvalue weighted by molar-refractivity contribution is 6.00. The van der Waals surface area contributed by atoms with Crippen molar-refractivity contribution in [3.63, 3.8) is 0 Å². The van der Waals surface area contributed by atoms with Crippen LogP contribution in [0.1, 0.15) is 48.3 Å². The molecule has 2 aromatic rings. The summed E-state index contributed by atoms with van der Waals surface area (Å²) < 4.78 is 11.9. The Balaban J connectivity index is 1.52. The van der Waals surface area contributed by atoms with Gasteiger partial charge in [0.1, 0.15) is 0 Å². The zero-order chi connectivity index (χ0) is 20.1. The van der Waals surface area contributed by atoms with Crippen LogP contribution in [0.15, 0.2) is 59.8 Å². The highest BCUT2D eigenvalue weighted by Crippen LogP contribution is 2.48. The Morgan fingerprint density at radius 3 is 2.53 bits per heavy atom. The first-order valence-electron chi connectivity index (χ1n) is 11.0. The van der Waals surface area contributed by atoms with Crippen LogP contribution < -0.4 is 9.47 Å². The summed E-state index contributed by atoms with van der Waals surface area (Å²) in [6, 6.07) is 14.8. The molecule has 4 aliphatic rings. The molecule has 2 aromatic carbocycles. The highest BCUT2D eigenvalue weighted by Gasteiger charge is 2.38. The average molecular weight is 399 g/mol. The van der Waals surface area contributed by atoms with E-state index in [9.17, 15) is 4.79 Å². The van der Waals surface area contributed by atoms with Gasteiger partial charge in [-0.25, -0.2) is 0 Å². The molecule has 152 valence electrons. The number of ether oxygens (including phenoxy) is 2. The maximum atomic E-state index is 13.0. The van der Waals surface area contributed by atoms with Crippen molar-refractivity contribution < 1.29 is 14.3 Å². The van der Waals surface area contributed by atoms with E-state index in [4.69, 9.17) is 9.47 Å². The molecule has 4 nitrogen and oxygen atoms in total. The van der Waals surface area contributed by atoms with Gasteiger partial charge in [0.05, 0.1) is 13.2 Å². The number of Topliss-reactive ketones (excluding diaryl/α,β-unsaturated/α-hetero) is 1. The van der Waals surface area contributed by atoms with Crippen molar-refractivity contribution >= 4 is 11.5 Å². The molecular weight excluding hydrogens is 374 g/mol. The maximum absolute atomic E-state index is 13.0. The molecular formula is C26H25NO3. The van der Waals surface area contributed by atoms with Crippen molar-refractivity contribution in [3.05, 3.63) is 76.5 Å². The Kier molecular flexibility index (Phi) is 4.19. The maximum Gasteiger partial charge on any atom is 0.161 e. The molecule has 3 aliphatic heterocycles. The Hall–Kier alpha value is -3.01. The van der Waals surface area contributed by atoms with Crippen LogP contribution in [0, 0.1) is 0 Å². The lowest BCUT2D eigenvalue weighted by Crippen LogP contribution is -2.36. The number of rotatable bonds is 1. The summed E-state index contributed by atoms with van der Waals surface area (Å²) in [6.07, 6.45) is 6.74. The van der Waals surface area contributed by atoms with Crippen molar-refractivity contribution in [2.75, 3.05) is 19.8 Å². The second-order valence-electron chi connectivity index (χ2n) is 8.49. The van der Waals surface area contributed by atoms with Crippen LogP contribution in [0.25, 0.3) is 5.70 Å². The van der Waals surface area contributed by atoms with Gasteiger partial charge in [0, 0.05) is 47.8 Å². The van der Waals surface area contributed by atoms with Gasteiger partial charge >= 0.3 is 0 Å². The van der Waals surface area contributed by atoms with Crippen LogP contribution in [0.4, 0.5) is 0 Å². The molecule has 4 heteroatoms. The minimum Gasteiger partial charge on any atom is -0.490 e. The first-order valence-corrected chi connectivity index (χ1v) is 11.0. The minimum absolute atomic E-state index is 0.0159. The summed E-state index contributed by atoms with van der Waals surface area (Å²) in [7, 11) is 0. The molecule has 3 heterocycles. The summed E-state index contributed by atoms with van der Waals surface area (Å²) in [6.45, 7) is 2.30. The smallest absolute Gasteiger partial charge is 0.161 e. The van der Waals surface area contributed by atoms with Gasteiger partial charge in [0.25, 0.3) is 0 Å². The quantitative estimate of drug-likeness (QED) is 0.687. The Morgan fingerprint density at radius 1 is 0.900 bits per heavy atom. The largest absolute Gasteiger partial charge is 0.490 e. The first kappa shape index (κ1) is 17.8. The van der Waals surface area contributed by atoms with E-state index >= 15 is 0 Å². The molecule has 30 heavy (non-hydrogen) atoms. The molecule has 0 saturated heterocycles. The molecule has 0 spiro atoms. The van der Waals surface area contributed by atoms with Crippen LogP contribution >= 0.6 is 0 Å². The standard InChI is InChI=1S/C26H25NO3/c28-23-9-4-8-21-26(23)20(17-6-2-1-3-7-17)15-22-19-16-25-24(29-12-5-13-30-25)14-18(19)10-11-27(21)22/h1-3,6-7,14-16,20H,4-5,8-13H2. The fraction of sp³-hybridized carbons (Fsp3) is 0.346. The number of fused-ring (bicyclic) bond motifs is 5. The van der Waals surface area contributed by atoms with Gasteiger partial charge < -0.3 is 14.4 Å². The van der Waals surface area contributed by atoms with E-state index in [-0.39, 0.29) is 5.92 Å². The third-order valence-corrected chi connectivity index (χ3v) is 6.69. The number of carbonyl (C=O) groups is 1. The van der Waals surface area contributed by atoms with Crippen LogP contribution in [0.2, 0.25) is 0 Å². The summed E-state index contributed by atoms with van der Waals surface area (Å²) >= 11 is 0. The summed E-state index contributed by atoms with van der Waals surface area (Å²) in [5, 5.41) is 0. The van der Waals surface area contributed by atoms with Crippen LogP contribution in [-0.4, -0.2) is 30.4 Å². The molecule has 1 atom stereocenters. The predicted octanol–water partition coefficient (Wildman–Crippen LogP) is 4.85. The minimum atomic E-state index is 0.0159. The molecule has 0 bridgehead atoms. The van der Waals surface area contributed by atoms with E-state index in [0.717, 1.165) is 49.3 Å². The zero-order valence-electron chi connectivity index (χ0n) is 17.0. The van der Waals surface area contributed by atoms with Crippen LogP contribution in [0.5, 0.6) is 11.5 Å². The van der Waals surface area contributed by atoms with Crippen molar-refractivity contribution in [1.82, 2.24) is 4.90 Å². The topological polar surface area (TPSA) is 38.8 Å². The third-order valence-electron chi connectivity index (χ3n) is 6.69. The van der Waals surface area contributed by atoms with Gasteiger partial charge in [0.2, 0.25) is 0 Å². The molecule has 0 fully saturated rings. The number of nitrogens with zero attached hydrogens (tertiary/aromatic N) is 1. The fourth-order valence-corrected chi connectivity index (χ4v) is 5.30. The Morgan fingerprint density at radius 2 is 1.70 bits per heavy atom. The second kappa shape index (κ2) is 7.05. The van der Waals surface area contributed by atoms with Crippen LogP contribution in [0.3, 0.4) is 0 Å². The van der Waals surface area contributed by atoms with Crippen LogP contribution in [-0.2, 0) is 11.2 Å². The van der Waals surface area contributed by atoms with Crippen molar-refractivity contribution in [1.29, 1.82) is 0 Å². The Labute approximate surface area is 176 Å². The number of hydrogen-bond donors (Lipinski definition) is 0. The van der Waals surface area contributed by atoms with E-state index in [1.54, 1.807) is 0 Å². The van der Waals surface area contributed by atoms with Gasteiger partial charge in [0.15, 0.2) is 17.3 Å². The SMILES string of the molecule is O=C1CCCC2=C1C(c1ccccc1)C=C1c3cc4c(cc3CCN12)OCCCO4. The normalized spacial score (nSPS) is 22.5. The van der Waals surface area contributed by atoms with Crippen molar-refractivity contribution in [3.8, 4) is 11.5 Å². The Bertz CT molecular complexity index is 1080. The van der Waals surface area contributed by atoms with E-state index < -0.39 is 0 Å². The predicted molar refractivity (Wildman–Crippen MR) is 116 cm³/mol. The summed E-state index contributed by atoms with van der Waals surface area (Å²) in [5.74, 6) is 2.03. The molecule has 0 N–H and O–H groups in total. The molecule has 0 radical (unpaired) electrons. The van der Waals surface area contributed by atoms with E-state index in [0.29, 0.717) is 25.4 Å². The van der Waals surface area contributed by atoms with Gasteiger partial charge in [-0.3, -0.25) is 4.79 Å². The van der Waals surface area contributed by atoms with Gasteiger partial charge in [-0.05, 0) is 48.6 Å². The second-order valence-corrected chi connectivity index (χ2v) is 8.49. The van der Waals surface area contributed by atoms with E-state index in [1.807, 2.05) is 6.07 Å². The lowest BCUT2D eigenvalue weighted by molar-refractivity contribution is -0.116. The average Bonchev–Trinajstić information content (AvgIpc) is 3.02. The molecule has 0 aromatic heterocycles. The number of benzene rings is 2. The van der Waals surface area contributed by atoms with Crippen molar-refractivity contribution in [2.45, 2.75) is 38.0 Å². The van der Waals surface area contributed by atoms with Crippen molar-refractivity contribution in [2.24, 2.45) is 0 Å². The number of ketones is 1. The summed E-state index contributed by atoms with van der Waals surface area (Å²) in [5.41, 5.74) is 7.17.